The molecule has 7 heteroatoms. The molecular weight excluding hydrogens is 440 g/mol. The van der Waals surface area contributed by atoms with E-state index < -0.39 is 0 Å². The van der Waals surface area contributed by atoms with Crippen molar-refractivity contribution in [3.8, 4) is 0 Å². The van der Waals surface area contributed by atoms with Gasteiger partial charge in [-0.3, -0.25) is 9.59 Å². The third-order valence-electron chi connectivity index (χ3n) is 7.08. The van der Waals surface area contributed by atoms with Gasteiger partial charge in [-0.15, -0.1) is 0 Å². The maximum atomic E-state index is 13.2. The van der Waals surface area contributed by atoms with Gasteiger partial charge in [0.2, 0.25) is 5.91 Å². The molecule has 182 valence electrons. The van der Waals surface area contributed by atoms with E-state index in [1.807, 2.05) is 45.9 Å². The van der Waals surface area contributed by atoms with E-state index in [1.54, 1.807) is 6.33 Å². The number of piperidine rings is 1. The van der Waals surface area contributed by atoms with E-state index in [-0.39, 0.29) is 23.8 Å². The average Bonchev–Trinajstić information content (AvgIpc) is 3.32. The Bertz CT molecular complexity index is 1200. The molecule has 1 N–H and O–H groups in total. The summed E-state index contributed by atoms with van der Waals surface area (Å²) < 4.78 is 8.10. The monoisotopic (exact) mass is 472 g/mol. The highest BCUT2D eigenvalue weighted by molar-refractivity contribution is 5.95. The van der Waals surface area contributed by atoms with E-state index in [0.29, 0.717) is 50.7 Å². The SMILES string of the molecule is CC(C)c1cccc(NC(=O)C2CCN(C(=O)c3ncn4c3COC(c3ccccc3)C4)CC2)c1. The van der Waals surface area contributed by atoms with Gasteiger partial charge in [-0.1, -0.05) is 56.3 Å². The highest BCUT2D eigenvalue weighted by Crippen LogP contribution is 2.29. The molecule has 1 fully saturated rings. The lowest BCUT2D eigenvalue weighted by molar-refractivity contribution is -0.121. The van der Waals surface area contributed by atoms with Gasteiger partial charge in [-0.25, -0.2) is 4.98 Å². The first-order valence-corrected chi connectivity index (χ1v) is 12.4. The predicted octanol–water partition coefficient (Wildman–Crippen LogP) is 4.77. The molecule has 35 heavy (non-hydrogen) atoms. The van der Waals surface area contributed by atoms with Crippen molar-refractivity contribution >= 4 is 17.5 Å². The molecule has 1 saturated heterocycles. The minimum atomic E-state index is -0.104. The Morgan fingerprint density at radius 2 is 1.83 bits per heavy atom. The molecule has 0 aliphatic carbocycles. The fraction of sp³-hybridized carbons (Fsp3) is 0.393. The molecule has 2 amide bonds. The van der Waals surface area contributed by atoms with Crippen LogP contribution in [0.1, 0.15) is 66.0 Å². The van der Waals surface area contributed by atoms with Crippen molar-refractivity contribution in [2.45, 2.75) is 51.9 Å². The van der Waals surface area contributed by atoms with Crippen LogP contribution in [-0.4, -0.2) is 39.4 Å². The number of ether oxygens (including phenoxy) is 1. The summed E-state index contributed by atoms with van der Waals surface area (Å²) >= 11 is 0. The summed E-state index contributed by atoms with van der Waals surface area (Å²) in [6.07, 6.45) is 2.98. The van der Waals surface area contributed by atoms with Gasteiger partial charge in [-0.05, 0) is 42.0 Å². The van der Waals surface area contributed by atoms with Crippen LogP contribution < -0.4 is 5.32 Å². The number of anilines is 1. The number of nitrogens with zero attached hydrogens (tertiary/aromatic N) is 3. The second-order valence-corrected chi connectivity index (χ2v) is 9.74. The molecule has 1 aromatic heterocycles. The van der Waals surface area contributed by atoms with E-state index in [0.717, 1.165) is 16.9 Å². The van der Waals surface area contributed by atoms with Crippen LogP contribution in [0.3, 0.4) is 0 Å². The van der Waals surface area contributed by atoms with E-state index >= 15 is 0 Å². The predicted molar refractivity (Wildman–Crippen MR) is 134 cm³/mol. The number of aromatic nitrogens is 2. The maximum Gasteiger partial charge on any atom is 0.274 e. The highest BCUT2D eigenvalue weighted by atomic mass is 16.5. The van der Waals surface area contributed by atoms with Crippen LogP contribution in [0.2, 0.25) is 0 Å². The minimum absolute atomic E-state index is 0.0257. The maximum absolute atomic E-state index is 13.2. The number of likely N-dealkylation sites (tertiary alicyclic amines) is 1. The summed E-state index contributed by atoms with van der Waals surface area (Å²) in [5.74, 6) is 0.249. The Balaban J connectivity index is 1.18. The van der Waals surface area contributed by atoms with Gasteiger partial charge in [0.25, 0.3) is 5.91 Å². The van der Waals surface area contributed by atoms with Crippen LogP contribution in [0.15, 0.2) is 60.9 Å². The molecule has 3 aromatic rings. The number of imidazole rings is 1. The second-order valence-electron chi connectivity index (χ2n) is 9.74. The first-order chi connectivity index (χ1) is 17.0. The summed E-state index contributed by atoms with van der Waals surface area (Å²) in [5, 5.41) is 3.06. The molecule has 5 rings (SSSR count). The van der Waals surface area contributed by atoms with Crippen molar-refractivity contribution in [1.82, 2.24) is 14.5 Å². The number of carbonyl (C=O) groups excluding carboxylic acids is 2. The zero-order valence-corrected chi connectivity index (χ0v) is 20.3. The Morgan fingerprint density at radius 1 is 1.06 bits per heavy atom. The molecule has 0 bridgehead atoms. The lowest BCUT2D eigenvalue weighted by Gasteiger charge is -2.31. The lowest BCUT2D eigenvalue weighted by Crippen LogP contribution is -2.42. The zero-order valence-electron chi connectivity index (χ0n) is 20.3. The fourth-order valence-electron chi connectivity index (χ4n) is 4.89. The van der Waals surface area contributed by atoms with E-state index in [9.17, 15) is 9.59 Å². The number of rotatable bonds is 5. The Kier molecular flexibility index (Phi) is 6.68. The normalized spacial score (nSPS) is 18.4. The van der Waals surface area contributed by atoms with Gasteiger partial charge in [-0.2, -0.15) is 0 Å². The molecule has 2 aliphatic heterocycles. The average molecular weight is 473 g/mol. The first-order valence-electron chi connectivity index (χ1n) is 12.4. The van der Waals surface area contributed by atoms with Crippen molar-refractivity contribution < 1.29 is 14.3 Å². The van der Waals surface area contributed by atoms with Crippen LogP contribution >= 0.6 is 0 Å². The van der Waals surface area contributed by atoms with Gasteiger partial charge in [0.05, 0.1) is 25.2 Å². The van der Waals surface area contributed by atoms with Gasteiger partial charge >= 0.3 is 0 Å². The Hall–Kier alpha value is -3.45. The van der Waals surface area contributed by atoms with Crippen molar-refractivity contribution in [3.63, 3.8) is 0 Å². The number of hydrogen-bond acceptors (Lipinski definition) is 4. The first kappa shape index (κ1) is 23.3. The van der Waals surface area contributed by atoms with Crippen molar-refractivity contribution in [3.05, 3.63) is 83.4 Å². The Labute approximate surface area is 206 Å². The van der Waals surface area contributed by atoms with E-state index in [4.69, 9.17) is 4.74 Å². The largest absolute Gasteiger partial charge is 0.365 e. The van der Waals surface area contributed by atoms with Crippen molar-refractivity contribution in [2.75, 3.05) is 18.4 Å². The summed E-state index contributed by atoms with van der Waals surface area (Å²) in [6, 6.07) is 18.1. The van der Waals surface area contributed by atoms with Crippen LogP contribution in [0.25, 0.3) is 0 Å². The molecule has 0 saturated carbocycles. The van der Waals surface area contributed by atoms with Gasteiger partial charge in [0.1, 0.15) is 6.10 Å². The second kappa shape index (κ2) is 10.0. The van der Waals surface area contributed by atoms with E-state index in [1.165, 1.54) is 5.56 Å². The van der Waals surface area contributed by atoms with Gasteiger partial charge < -0.3 is 19.5 Å². The third-order valence-corrected chi connectivity index (χ3v) is 7.08. The van der Waals surface area contributed by atoms with Gasteiger partial charge in [0.15, 0.2) is 5.69 Å². The molecule has 0 radical (unpaired) electrons. The van der Waals surface area contributed by atoms with Crippen LogP contribution in [-0.2, 0) is 22.7 Å². The third kappa shape index (κ3) is 5.00. The fourth-order valence-corrected chi connectivity index (χ4v) is 4.89. The molecule has 7 nitrogen and oxygen atoms in total. The number of carbonyl (C=O) groups is 2. The van der Waals surface area contributed by atoms with Gasteiger partial charge in [0, 0.05) is 24.7 Å². The van der Waals surface area contributed by atoms with Crippen molar-refractivity contribution in [1.29, 1.82) is 0 Å². The Morgan fingerprint density at radius 3 is 2.57 bits per heavy atom. The molecule has 1 unspecified atom stereocenters. The summed E-state index contributed by atoms with van der Waals surface area (Å²) in [5.41, 5.74) is 4.44. The molecule has 3 heterocycles. The standard InChI is InChI=1S/C28H32N4O3/c1-19(2)22-9-6-10-23(15-22)30-27(33)21-11-13-31(14-12-21)28(34)26-24-17-35-25(16-32(24)18-29-26)20-7-4-3-5-8-20/h3-10,15,18-19,21,25H,11-14,16-17H2,1-2H3,(H,30,33). The quantitative estimate of drug-likeness (QED) is 0.580. The van der Waals surface area contributed by atoms with Crippen LogP contribution in [0, 0.1) is 5.92 Å². The number of hydrogen-bond donors (Lipinski definition) is 1. The molecule has 0 spiro atoms. The summed E-state index contributed by atoms with van der Waals surface area (Å²) in [6.45, 7) is 6.36. The summed E-state index contributed by atoms with van der Waals surface area (Å²) in [7, 11) is 0. The molecular formula is C28H32N4O3. The van der Waals surface area contributed by atoms with E-state index in [2.05, 4.69) is 42.3 Å². The summed E-state index contributed by atoms with van der Waals surface area (Å²) in [4.78, 5) is 32.4. The van der Waals surface area contributed by atoms with Crippen LogP contribution in [0.4, 0.5) is 5.69 Å². The molecule has 1 atom stereocenters. The smallest absolute Gasteiger partial charge is 0.274 e. The number of amides is 2. The highest BCUT2D eigenvalue weighted by Gasteiger charge is 2.32. The van der Waals surface area contributed by atoms with Crippen LogP contribution in [0.5, 0.6) is 0 Å². The van der Waals surface area contributed by atoms with Crippen molar-refractivity contribution in [2.24, 2.45) is 5.92 Å². The lowest BCUT2D eigenvalue weighted by atomic mass is 9.95. The topological polar surface area (TPSA) is 76.5 Å². The minimum Gasteiger partial charge on any atom is -0.365 e. The number of nitrogens with one attached hydrogen (secondary N) is 1. The molecule has 2 aromatic carbocycles. The number of fused-ring (bicyclic) bond motifs is 1. The molecule has 2 aliphatic rings. The number of benzene rings is 2. The zero-order chi connectivity index (χ0) is 24.4.